The van der Waals surface area contributed by atoms with E-state index in [1.165, 1.54) is 29.4 Å². The lowest BCUT2D eigenvalue weighted by atomic mass is 9.69. The van der Waals surface area contributed by atoms with Crippen molar-refractivity contribution in [2.24, 2.45) is 11.3 Å². The Kier molecular flexibility index (Phi) is 7.04. The van der Waals surface area contributed by atoms with Crippen LogP contribution in [0.4, 0.5) is 5.00 Å². The SMILES string of the molecule is CCC(C)(C)[C@@H]1CCc2c(sc(NC(=O)/C=C/c3ccc(Cl)cc3)c2C(=O)OC)C1. The molecule has 0 unspecified atom stereocenters. The molecular weight excluding hydrogens is 418 g/mol. The topological polar surface area (TPSA) is 55.4 Å². The van der Waals surface area contributed by atoms with E-state index in [9.17, 15) is 9.59 Å². The van der Waals surface area contributed by atoms with Crippen molar-refractivity contribution in [2.45, 2.75) is 46.5 Å². The highest BCUT2D eigenvalue weighted by Crippen LogP contribution is 2.45. The molecule has 1 aromatic heterocycles. The van der Waals surface area contributed by atoms with E-state index < -0.39 is 5.97 Å². The number of ether oxygens (including phenoxy) is 1. The molecule has 1 aliphatic rings. The van der Waals surface area contributed by atoms with Gasteiger partial charge in [-0.25, -0.2) is 4.79 Å². The van der Waals surface area contributed by atoms with Gasteiger partial charge in [0.15, 0.2) is 0 Å². The van der Waals surface area contributed by atoms with E-state index in [0.717, 1.165) is 36.8 Å². The fourth-order valence-electron chi connectivity index (χ4n) is 3.85. The highest BCUT2D eigenvalue weighted by atomic mass is 35.5. The van der Waals surface area contributed by atoms with Crippen molar-refractivity contribution >= 4 is 45.9 Å². The molecule has 0 spiro atoms. The molecule has 4 nitrogen and oxygen atoms in total. The number of fused-ring (bicyclic) bond motifs is 1. The summed E-state index contributed by atoms with van der Waals surface area (Å²) in [5.41, 5.74) is 2.67. The molecule has 0 fully saturated rings. The molecule has 0 saturated heterocycles. The number of methoxy groups -OCH3 is 1. The summed E-state index contributed by atoms with van der Waals surface area (Å²) in [5.74, 6) is -0.107. The lowest BCUT2D eigenvalue weighted by Gasteiger charge is -2.36. The number of amides is 1. The lowest BCUT2D eigenvalue weighted by Crippen LogP contribution is -2.28. The second kappa shape index (κ2) is 9.36. The van der Waals surface area contributed by atoms with E-state index in [0.29, 0.717) is 21.5 Å². The van der Waals surface area contributed by atoms with Crippen LogP contribution in [-0.4, -0.2) is 19.0 Å². The zero-order valence-electron chi connectivity index (χ0n) is 17.9. The Balaban J connectivity index is 1.83. The number of anilines is 1. The molecule has 6 heteroatoms. The molecule has 1 aromatic carbocycles. The maximum atomic E-state index is 12.5. The van der Waals surface area contributed by atoms with Crippen molar-refractivity contribution < 1.29 is 14.3 Å². The number of hydrogen-bond acceptors (Lipinski definition) is 4. The minimum Gasteiger partial charge on any atom is -0.465 e. The number of esters is 1. The fourth-order valence-corrected chi connectivity index (χ4v) is 5.29. The number of thiophene rings is 1. The normalized spacial score (nSPS) is 16.4. The molecule has 1 N–H and O–H groups in total. The van der Waals surface area contributed by atoms with Gasteiger partial charge in [-0.1, -0.05) is 50.9 Å². The van der Waals surface area contributed by atoms with Crippen LogP contribution in [0.1, 0.15) is 60.0 Å². The minimum atomic E-state index is -0.391. The Hall–Kier alpha value is -2.11. The van der Waals surface area contributed by atoms with E-state index >= 15 is 0 Å². The maximum absolute atomic E-state index is 12.5. The van der Waals surface area contributed by atoms with Crippen molar-refractivity contribution in [3.8, 4) is 0 Å². The van der Waals surface area contributed by atoms with Crippen molar-refractivity contribution in [1.29, 1.82) is 0 Å². The molecular formula is C24H28ClNO3S. The zero-order valence-corrected chi connectivity index (χ0v) is 19.5. The second-order valence-electron chi connectivity index (χ2n) is 8.36. The zero-order chi connectivity index (χ0) is 21.9. The third-order valence-electron chi connectivity index (χ3n) is 6.21. The van der Waals surface area contributed by atoms with Crippen LogP contribution in [0.3, 0.4) is 0 Å². The molecule has 3 rings (SSSR count). The minimum absolute atomic E-state index is 0.248. The Morgan fingerprint density at radius 1 is 1.30 bits per heavy atom. The van der Waals surface area contributed by atoms with Crippen LogP contribution in [0.2, 0.25) is 5.02 Å². The number of carbonyl (C=O) groups is 2. The first-order valence-electron chi connectivity index (χ1n) is 10.2. The van der Waals surface area contributed by atoms with Crippen LogP contribution in [0.25, 0.3) is 6.08 Å². The summed E-state index contributed by atoms with van der Waals surface area (Å²) < 4.78 is 5.02. The highest BCUT2D eigenvalue weighted by Gasteiger charge is 2.35. The van der Waals surface area contributed by atoms with Gasteiger partial charge < -0.3 is 10.1 Å². The number of rotatable bonds is 6. The first kappa shape index (κ1) is 22.6. The molecule has 1 aliphatic carbocycles. The molecule has 0 saturated carbocycles. The second-order valence-corrected chi connectivity index (χ2v) is 9.90. The summed E-state index contributed by atoms with van der Waals surface area (Å²) in [7, 11) is 1.38. The summed E-state index contributed by atoms with van der Waals surface area (Å²) in [4.78, 5) is 26.2. The van der Waals surface area contributed by atoms with Gasteiger partial charge in [0, 0.05) is 16.0 Å². The first-order valence-corrected chi connectivity index (χ1v) is 11.4. The maximum Gasteiger partial charge on any atom is 0.341 e. The van der Waals surface area contributed by atoms with Crippen LogP contribution in [0.5, 0.6) is 0 Å². The summed E-state index contributed by atoms with van der Waals surface area (Å²) in [6.45, 7) is 6.84. The fraction of sp³-hybridized carbons (Fsp3) is 0.417. The van der Waals surface area contributed by atoms with Gasteiger partial charge in [0.2, 0.25) is 5.91 Å². The molecule has 1 amide bonds. The third-order valence-corrected chi connectivity index (χ3v) is 7.63. The molecule has 0 bridgehead atoms. The summed E-state index contributed by atoms with van der Waals surface area (Å²) >= 11 is 7.40. The number of halogens is 1. The van der Waals surface area contributed by atoms with E-state index in [-0.39, 0.29) is 11.3 Å². The van der Waals surface area contributed by atoms with Gasteiger partial charge in [0.25, 0.3) is 0 Å². The molecule has 160 valence electrons. The highest BCUT2D eigenvalue weighted by molar-refractivity contribution is 7.17. The van der Waals surface area contributed by atoms with E-state index in [2.05, 4.69) is 26.1 Å². The summed E-state index contributed by atoms with van der Waals surface area (Å²) in [6, 6.07) is 7.23. The van der Waals surface area contributed by atoms with Crippen LogP contribution >= 0.6 is 22.9 Å². The number of carbonyl (C=O) groups excluding carboxylic acids is 2. The molecule has 2 aromatic rings. The molecule has 1 heterocycles. The molecule has 0 radical (unpaired) electrons. The van der Waals surface area contributed by atoms with Crippen LogP contribution in [-0.2, 0) is 22.4 Å². The van der Waals surface area contributed by atoms with Crippen LogP contribution in [0, 0.1) is 11.3 Å². The summed E-state index contributed by atoms with van der Waals surface area (Å²) in [6.07, 6.45) is 7.10. The average molecular weight is 446 g/mol. The summed E-state index contributed by atoms with van der Waals surface area (Å²) in [5, 5.41) is 4.12. The quantitative estimate of drug-likeness (QED) is 0.414. The lowest BCUT2D eigenvalue weighted by molar-refractivity contribution is -0.111. The Morgan fingerprint density at radius 2 is 2.00 bits per heavy atom. The molecule has 1 atom stereocenters. The van der Waals surface area contributed by atoms with Crippen molar-refractivity contribution in [3.63, 3.8) is 0 Å². The van der Waals surface area contributed by atoms with Gasteiger partial charge in [-0.15, -0.1) is 11.3 Å². The Morgan fingerprint density at radius 3 is 2.63 bits per heavy atom. The molecule has 30 heavy (non-hydrogen) atoms. The van der Waals surface area contributed by atoms with E-state index in [1.807, 2.05) is 12.1 Å². The van der Waals surface area contributed by atoms with Gasteiger partial charge in [-0.05, 0) is 59.9 Å². The predicted molar refractivity (Wildman–Crippen MR) is 124 cm³/mol. The van der Waals surface area contributed by atoms with Gasteiger partial charge in [0.1, 0.15) is 5.00 Å². The van der Waals surface area contributed by atoms with Gasteiger partial charge in [0.05, 0.1) is 12.7 Å². The first-order chi connectivity index (χ1) is 14.2. The van der Waals surface area contributed by atoms with E-state index in [4.69, 9.17) is 16.3 Å². The van der Waals surface area contributed by atoms with Crippen LogP contribution < -0.4 is 5.32 Å². The van der Waals surface area contributed by atoms with Gasteiger partial charge in [-0.3, -0.25) is 4.79 Å². The standard InChI is InChI=1S/C24H28ClNO3S/c1-5-24(2,3)16-9-12-18-19(14-16)30-22(21(18)23(28)29-4)26-20(27)13-8-15-6-10-17(25)11-7-15/h6-8,10-11,13,16H,5,9,12,14H2,1-4H3,(H,26,27)/b13-8+/t16-/m1/s1. The number of hydrogen-bond donors (Lipinski definition) is 1. The predicted octanol–water partition coefficient (Wildman–Crippen LogP) is 6.38. The van der Waals surface area contributed by atoms with E-state index in [1.54, 1.807) is 18.2 Å². The van der Waals surface area contributed by atoms with Gasteiger partial charge >= 0.3 is 5.97 Å². The van der Waals surface area contributed by atoms with Gasteiger partial charge in [-0.2, -0.15) is 0 Å². The largest absolute Gasteiger partial charge is 0.465 e. The van der Waals surface area contributed by atoms with Crippen molar-refractivity contribution in [2.75, 3.05) is 12.4 Å². The number of nitrogens with one attached hydrogen (secondary N) is 1. The Bertz CT molecular complexity index is 960. The van der Waals surface area contributed by atoms with Crippen molar-refractivity contribution in [3.05, 3.63) is 56.9 Å². The monoisotopic (exact) mass is 445 g/mol. The third kappa shape index (κ3) is 4.96. The Labute approximate surface area is 187 Å². The average Bonchev–Trinajstić information content (AvgIpc) is 3.09. The smallest absolute Gasteiger partial charge is 0.341 e. The molecule has 0 aliphatic heterocycles. The number of benzene rings is 1. The van der Waals surface area contributed by atoms with Crippen LogP contribution in [0.15, 0.2) is 30.3 Å². The van der Waals surface area contributed by atoms with Crippen molar-refractivity contribution in [1.82, 2.24) is 0 Å².